The van der Waals surface area contributed by atoms with E-state index in [-0.39, 0.29) is 11.3 Å². The summed E-state index contributed by atoms with van der Waals surface area (Å²) in [5, 5.41) is 34.7. The Balaban J connectivity index is 3.65. The van der Waals surface area contributed by atoms with Gasteiger partial charge in [0.2, 0.25) is 0 Å². The Kier molecular flexibility index (Phi) is 4.14. The van der Waals surface area contributed by atoms with Gasteiger partial charge in [-0.15, -0.1) is 11.3 Å². The first-order valence-electron chi connectivity index (χ1n) is 4.65. The first-order chi connectivity index (χ1) is 9.26. The van der Waals surface area contributed by atoms with Crippen molar-refractivity contribution >= 4 is 23.4 Å². The van der Waals surface area contributed by atoms with E-state index in [1.807, 2.05) is 0 Å². The van der Waals surface area contributed by atoms with E-state index in [1.165, 1.54) is 18.2 Å². The van der Waals surface area contributed by atoms with Crippen molar-refractivity contribution in [2.75, 3.05) is 0 Å². The third-order valence-electron chi connectivity index (χ3n) is 2.04. The van der Waals surface area contributed by atoms with Crippen LogP contribution in [0.25, 0.3) is 6.08 Å². The number of aliphatic carboxylic acids is 1. The molecule has 0 bridgehead atoms. The molecule has 100 valence electrons. The third kappa shape index (κ3) is 2.77. The van der Waals surface area contributed by atoms with E-state index in [4.69, 9.17) is 20.9 Å². The van der Waals surface area contributed by atoms with Crippen LogP contribution in [-0.2, 0) is 11.0 Å². The van der Waals surface area contributed by atoms with E-state index >= 15 is 0 Å². The summed E-state index contributed by atoms with van der Waals surface area (Å²) in [5.41, 5.74) is -2.31. The molecule has 0 aliphatic heterocycles. The van der Waals surface area contributed by atoms with Crippen LogP contribution in [0.4, 0.5) is 13.2 Å². The molecule has 1 aromatic rings. The molecule has 0 aromatic carbocycles. The predicted molar refractivity (Wildman–Crippen MR) is 60.0 cm³/mol. The zero-order valence-corrected chi connectivity index (χ0v) is 10.1. The van der Waals surface area contributed by atoms with Crippen LogP contribution in [0, 0.1) is 34.0 Å². The largest absolute Gasteiger partial charge is 0.477 e. The highest BCUT2D eigenvalue weighted by atomic mass is 32.1. The molecule has 0 unspecified atom stereocenters. The zero-order valence-electron chi connectivity index (χ0n) is 9.32. The van der Waals surface area contributed by atoms with E-state index in [1.54, 1.807) is 0 Å². The Morgan fingerprint density at radius 1 is 1.20 bits per heavy atom. The SMILES string of the molecule is N#C/C(=C\c1sc(C(F)(F)F)c(C#N)c1C#N)C(=O)O. The van der Waals surface area contributed by atoms with Crippen LogP contribution in [0.3, 0.4) is 0 Å². The molecule has 1 heterocycles. The molecule has 20 heavy (non-hydrogen) atoms. The maximum atomic E-state index is 12.7. The van der Waals surface area contributed by atoms with Crippen LogP contribution in [0.15, 0.2) is 5.57 Å². The topological polar surface area (TPSA) is 109 Å². The van der Waals surface area contributed by atoms with Gasteiger partial charge in [0.05, 0.1) is 11.1 Å². The van der Waals surface area contributed by atoms with Crippen LogP contribution >= 0.6 is 11.3 Å². The number of thiophene rings is 1. The van der Waals surface area contributed by atoms with E-state index in [2.05, 4.69) is 0 Å². The second-order valence-corrected chi connectivity index (χ2v) is 4.29. The van der Waals surface area contributed by atoms with Gasteiger partial charge in [0.15, 0.2) is 0 Å². The molecule has 0 amide bonds. The molecule has 0 saturated heterocycles. The van der Waals surface area contributed by atoms with Crippen molar-refractivity contribution in [3.8, 4) is 18.2 Å². The first-order valence-corrected chi connectivity index (χ1v) is 5.47. The van der Waals surface area contributed by atoms with Gasteiger partial charge in [-0.3, -0.25) is 0 Å². The normalized spacial score (nSPS) is 11.3. The van der Waals surface area contributed by atoms with Gasteiger partial charge in [-0.2, -0.15) is 29.0 Å². The van der Waals surface area contributed by atoms with Gasteiger partial charge >= 0.3 is 12.1 Å². The van der Waals surface area contributed by atoms with Crippen molar-refractivity contribution in [1.82, 2.24) is 0 Å². The Labute approximate surface area is 114 Å². The van der Waals surface area contributed by atoms with E-state index in [0.717, 1.165) is 0 Å². The van der Waals surface area contributed by atoms with Gasteiger partial charge in [0.1, 0.15) is 28.7 Å². The Hall–Kier alpha value is -2.83. The zero-order chi connectivity index (χ0) is 15.5. The number of nitrogens with zero attached hydrogens (tertiary/aromatic N) is 3. The van der Waals surface area contributed by atoms with Crippen LogP contribution in [0.1, 0.15) is 20.9 Å². The fourth-order valence-corrected chi connectivity index (χ4v) is 2.25. The first kappa shape index (κ1) is 15.2. The van der Waals surface area contributed by atoms with Gasteiger partial charge in [0.25, 0.3) is 0 Å². The van der Waals surface area contributed by atoms with Gasteiger partial charge < -0.3 is 5.11 Å². The lowest BCUT2D eigenvalue weighted by molar-refractivity contribution is -0.134. The minimum Gasteiger partial charge on any atom is -0.477 e. The van der Waals surface area contributed by atoms with Gasteiger partial charge in [-0.1, -0.05) is 0 Å². The summed E-state index contributed by atoms with van der Waals surface area (Å²) < 4.78 is 38.1. The number of carbonyl (C=O) groups is 1. The highest BCUT2D eigenvalue weighted by Gasteiger charge is 2.38. The minimum absolute atomic E-state index is 0.0425. The molecule has 9 heteroatoms. The number of alkyl halides is 3. The van der Waals surface area contributed by atoms with Crippen LogP contribution in [-0.4, -0.2) is 11.1 Å². The van der Waals surface area contributed by atoms with Crippen molar-refractivity contribution in [3.05, 3.63) is 26.5 Å². The van der Waals surface area contributed by atoms with Crippen LogP contribution in [0.5, 0.6) is 0 Å². The number of carboxylic acid groups (broad SMARTS) is 1. The number of carboxylic acids is 1. The summed E-state index contributed by atoms with van der Waals surface area (Å²) in [4.78, 5) is 8.94. The average molecular weight is 297 g/mol. The summed E-state index contributed by atoms with van der Waals surface area (Å²) in [5.74, 6) is -1.64. The minimum atomic E-state index is -4.84. The molecular weight excluding hydrogens is 295 g/mol. The summed E-state index contributed by atoms with van der Waals surface area (Å²) in [6.07, 6.45) is -4.20. The third-order valence-corrected chi connectivity index (χ3v) is 3.22. The number of hydrogen-bond acceptors (Lipinski definition) is 5. The van der Waals surface area contributed by atoms with Crippen molar-refractivity contribution in [3.63, 3.8) is 0 Å². The lowest BCUT2D eigenvalue weighted by Crippen LogP contribution is -2.04. The van der Waals surface area contributed by atoms with E-state index < -0.39 is 38.6 Å². The lowest BCUT2D eigenvalue weighted by atomic mass is 10.1. The molecule has 0 radical (unpaired) electrons. The summed E-state index contributed by atoms with van der Waals surface area (Å²) >= 11 is 0.0425. The smallest absolute Gasteiger partial charge is 0.426 e. The summed E-state index contributed by atoms with van der Waals surface area (Å²) in [6, 6.07) is 3.97. The number of hydrogen-bond donors (Lipinski definition) is 1. The molecule has 0 aliphatic carbocycles. The van der Waals surface area contributed by atoms with Crippen molar-refractivity contribution in [2.45, 2.75) is 6.18 Å². The van der Waals surface area contributed by atoms with Crippen LogP contribution in [0.2, 0.25) is 0 Å². The number of halogens is 3. The fourth-order valence-electron chi connectivity index (χ4n) is 1.24. The molecule has 5 nitrogen and oxygen atoms in total. The maximum Gasteiger partial charge on any atom is 0.426 e. The van der Waals surface area contributed by atoms with E-state index in [0.29, 0.717) is 6.08 Å². The monoisotopic (exact) mass is 297 g/mol. The highest BCUT2D eigenvalue weighted by Crippen LogP contribution is 2.41. The quantitative estimate of drug-likeness (QED) is 0.666. The van der Waals surface area contributed by atoms with Crippen LogP contribution < -0.4 is 0 Å². The highest BCUT2D eigenvalue weighted by molar-refractivity contribution is 7.13. The second kappa shape index (κ2) is 5.43. The van der Waals surface area contributed by atoms with Crippen molar-refractivity contribution < 1.29 is 23.1 Å². The second-order valence-electron chi connectivity index (χ2n) is 3.24. The molecule has 0 spiro atoms. The molecule has 0 aliphatic rings. The number of rotatable bonds is 2. The standard InChI is InChI=1S/C11H2F3N3O2S/c12-11(13,14)9-7(4-17)6(3-16)8(20-9)1-5(2-15)10(18)19/h1H,(H,18,19)/b5-1+. The predicted octanol–water partition coefficient (Wildman–Crippen LogP) is 2.50. The summed E-state index contributed by atoms with van der Waals surface area (Å²) in [6.45, 7) is 0. The Morgan fingerprint density at radius 3 is 2.10 bits per heavy atom. The average Bonchev–Trinajstić information content (AvgIpc) is 2.72. The van der Waals surface area contributed by atoms with Crippen molar-refractivity contribution in [2.24, 2.45) is 0 Å². The molecule has 1 N–H and O–H groups in total. The lowest BCUT2D eigenvalue weighted by Gasteiger charge is -2.02. The molecule has 0 fully saturated rings. The molecule has 0 saturated carbocycles. The van der Waals surface area contributed by atoms with Gasteiger partial charge in [-0.05, 0) is 6.08 Å². The molecular formula is C11H2F3N3O2S. The van der Waals surface area contributed by atoms with E-state index in [9.17, 15) is 18.0 Å². The number of nitriles is 3. The summed E-state index contributed by atoms with van der Waals surface area (Å²) in [7, 11) is 0. The van der Waals surface area contributed by atoms with Crippen molar-refractivity contribution in [1.29, 1.82) is 15.8 Å². The Morgan fingerprint density at radius 2 is 1.75 bits per heavy atom. The fraction of sp³-hybridized carbons (Fsp3) is 0.0909. The Bertz CT molecular complexity index is 726. The molecule has 1 rings (SSSR count). The molecule has 0 atom stereocenters. The van der Waals surface area contributed by atoms with Gasteiger partial charge in [-0.25, -0.2) is 4.79 Å². The molecule has 1 aromatic heterocycles. The maximum absolute atomic E-state index is 12.7. The van der Waals surface area contributed by atoms with Gasteiger partial charge in [0, 0.05) is 4.88 Å².